The fourth-order valence-electron chi connectivity index (χ4n) is 1.21. The standard InChI is InChI=1S/C12H18ClNO2/c1-10(13)9-14-7-8-16-12-5-3-11(15-2)4-6-12/h3-6,10,14H,7-9H2,1-2H3. The van der Waals surface area contributed by atoms with Crippen LogP contribution in [0.4, 0.5) is 0 Å². The Morgan fingerprint density at radius 3 is 2.44 bits per heavy atom. The Hall–Kier alpha value is -0.930. The Morgan fingerprint density at radius 2 is 1.88 bits per heavy atom. The minimum absolute atomic E-state index is 0.154. The lowest BCUT2D eigenvalue weighted by Crippen LogP contribution is -2.26. The molecule has 1 N–H and O–H groups in total. The second-order valence-electron chi connectivity index (χ2n) is 3.51. The van der Waals surface area contributed by atoms with E-state index in [1.54, 1.807) is 7.11 Å². The lowest BCUT2D eigenvalue weighted by molar-refractivity contribution is 0.313. The first kappa shape index (κ1) is 13.1. The van der Waals surface area contributed by atoms with Crippen LogP contribution in [0.15, 0.2) is 24.3 Å². The second-order valence-corrected chi connectivity index (χ2v) is 4.25. The molecule has 3 nitrogen and oxygen atoms in total. The predicted molar refractivity (Wildman–Crippen MR) is 66.7 cm³/mol. The predicted octanol–water partition coefficient (Wildman–Crippen LogP) is 2.29. The summed E-state index contributed by atoms with van der Waals surface area (Å²) in [6.45, 7) is 4.19. The monoisotopic (exact) mass is 243 g/mol. The fourth-order valence-corrected chi connectivity index (χ4v) is 1.32. The third kappa shape index (κ3) is 5.24. The van der Waals surface area contributed by atoms with Gasteiger partial charge in [0.25, 0.3) is 0 Å². The molecule has 1 atom stereocenters. The molecule has 0 spiro atoms. The minimum Gasteiger partial charge on any atom is -0.497 e. The molecule has 4 heteroatoms. The van der Waals surface area contributed by atoms with Gasteiger partial charge in [-0.25, -0.2) is 0 Å². The Labute approximate surface area is 102 Å². The molecule has 1 unspecified atom stereocenters. The average molecular weight is 244 g/mol. The fraction of sp³-hybridized carbons (Fsp3) is 0.500. The van der Waals surface area contributed by atoms with E-state index in [0.29, 0.717) is 6.61 Å². The van der Waals surface area contributed by atoms with E-state index in [1.165, 1.54) is 0 Å². The van der Waals surface area contributed by atoms with Crippen LogP contribution in [0, 0.1) is 0 Å². The van der Waals surface area contributed by atoms with Gasteiger partial charge in [-0.05, 0) is 31.2 Å². The van der Waals surface area contributed by atoms with E-state index in [1.807, 2.05) is 31.2 Å². The van der Waals surface area contributed by atoms with Crippen LogP contribution in [0.3, 0.4) is 0 Å². The van der Waals surface area contributed by atoms with Crippen molar-refractivity contribution < 1.29 is 9.47 Å². The van der Waals surface area contributed by atoms with Crippen molar-refractivity contribution in [3.63, 3.8) is 0 Å². The van der Waals surface area contributed by atoms with E-state index < -0.39 is 0 Å². The highest BCUT2D eigenvalue weighted by Crippen LogP contribution is 2.16. The van der Waals surface area contributed by atoms with Gasteiger partial charge >= 0.3 is 0 Å². The van der Waals surface area contributed by atoms with Gasteiger partial charge in [-0.1, -0.05) is 0 Å². The van der Waals surface area contributed by atoms with Crippen molar-refractivity contribution >= 4 is 11.6 Å². The Bertz CT molecular complexity index is 288. The van der Waals surface area contributed by atoms with Crippen molar-refractivity contribution in [1.82, 2.24) is 5.32 Å². The molecular weight excluding hydrogens is 226 g/mol. The van der Waals surface area contributed by atoms with Gasteiger partial charge in [-0.15, -0.1) is 11.6 Å². The highest BCUT2D eigenvalue weighted by Gasteiger charge is 1.96. The van der Waals surface area contributed by atoms with Crippen LogP contribution in [0.5, 0.6) is 11.5 Å². The average Bonchev–Trinajstić information content (AvgIpc) is 2.29. The number of benzene rings is 1. The van der Waals surface area contributed by atoms with Crippen LogP contribution in [0.2, 0.25) is 0 Å². The number of ether oxygens (including phenoxy) is 2. The Balaban J connectivity index is 2.16. The van der Waals surface area contributed by atoms with Gasteiger partial charge in [0.15, 0.2) is 0 Å². The molecule has 0 aliphatic rings. The quantitative estimate of drug-likeness (QED) is 0.589. The highest BCUT2D eigenvalue weighted by atomic mass is 35.5. The van der Waals surface area contributed by atoms with Gasteiger partial charge in [-0.3, -0.25) is 0 Å². The molecule has 0 saturated carbocycles. The summed E-state index contributed by atoms with van der Waals surface area (Å²) in [6.07, 6.45) is 0. The van der Waals surface area contributed by atoms with Gasteiger partial charge in [0.1, 0.15) is 18.1 Å². The number of hydrogen-bond acceptors (Lipinski definition) is 3. The largest absolute Gasteiger partial charge is 0.497 e. The Morgan fingerprint density at radius 1 is 1.25 bits per heavy atom. The molecule has 1 aromatic rings. The first-order chi connectivity index (χ1) is 7.72. The van der Waals surface area contributed by atoms with E-state index in [2.05, 4.69) is 5.32 Å². The molecule has 0 fully saturated rings. The van der Waals surface area contributed by atoms with Crippen LogP contribution in [0.1, 0.15) is 6.92 Å². The van der Waals surface area contributed by atoms with E-state index in [4.69, 9.17) is 21.1 Å². The van der Waals surface area contributed by atoms with E-state index in [-0.39, 0.29) is 5.38 Å². The van der Waals surface area contributed by atoms with Gasteiger partial charge in [0.05, 0.1) is 7.11 Å². The smallest absolute Gasteiger partial charge is 0.119 e. The van der Waals surface area contributed by atoms with Crippen molar-refractivity contribution in [2.24, 2.45) is 0 Å². The number of halogens is 1. The summed E-state index contributed by atoms with van der Waals surface area (Å²) in [5.41, 5.74) is 0. The molecule has 0 aromatic heterocycles. The number of methoxy groups -OCH3 is 1. The molecule has 0 radical (unpaired) electrons. The maximum atomic E-state index is 5.79. The summed E-state index contributed by atoms with van der Waals surface area (Å²) in [5.74, 6) is 1.68. The highest BCUT2D eigenvalue weighted by molar-refractivity contribution is 6.20. The molecule has 0 heterocycles. The van der Waals surface area contributed by atoms with Gasteiger partial charge in [-0.2, -0.15) is 0 Å². The SMILES string of the molecule is COc1ccc(OCCNCC(C)Cl)cc1. The van der Waals surface area contributed by atoms with Crippen molar-refractivity contribution in [1.29, 1.82) is 0 Å². The number of rotatable bonds is 7. The summed E-state index contributed by atoms with van der Waals surface area (Å²) in [5, 5.41) is 3.35. The van der Waals surface area contributed by atoms with E-state index in [9.17, 15) is 0 Å². The summed E-state index contributed by atoms with van der Waals surface area (Å²) in [6, 6.07) is 7.54. The zero-order valence-corrected chi connectivity index (χ0v) is 10.5. The van der Waals surface area contributed by atoms with Crippen molar-refractivity contribution in [3.05, 3.63) is 24.3 Å². The molecular formula is C12H18ClNO2. The zero-order valence-electron chi connectivity index (χ0n) is 9.70. The maximum absolute atomic E-state index is 5.79. The minimum atomic E-state index is 0.154. The van der Waals surface area contributed by atoms with Gasteiger partial charge in [0, 0.05) is 18.5 Å². The van der Waals surface area contributed by atoms with Crippen LogP contribution < -0.4 is 14.8 Å². The van der Waals surface area contributed by atoms with E-state index >= 15 is 0 Å². The maximum Gasteiger partial charge on any atom is 0.119 e. The number of hydrogen-bond donors (Lipinski definition) is 1. The Kier molecular flexibility index (Phi) is 6.04. The molecule has 0 amide bonds. The van der Waals surface area contributed by atoms with Crippen LogP contribution in [-0.2, 0) is 0 Å². The molecule has 0 aliphatic heterocycles. The molecule has 0 bridgehead atoms. The van der Waals surface area contributed by atoms with Crippen LogP contribution >= 0.6 is 11.6 Å². The first-order valence-electron chi connectivity index (χ1n) is 5.34. The summed E-state index contributed by atoms with van der Waals surface area (Å²) in [4.78, 5) is 0. The first-order valence-corrected chi connectivity index (χ1v) is 5.77. The molecule has 1 aromatic carbocycles. The molecule has 0 aliphatic carbocycles. The normalized spacial score (nSPS) is 12.2. The van der Waals surface area contributed by atoms with Crippen molar-refractivity contribution in [2.75, 3.05) is 26.8 Å². The number of nitrogens with one attached hydrogen (secondary N) is 1. The summed E-state index contributed by atoms with van der Waals surface area (Å²) >= 11 is 5.79. The zero-order chi connectivity index (χ0) is 11.8. The lowest BCUT2D eigenvalue weighted by Gasteiger charge is -2.08. The molecule has 90 valence electrons. The summed E-state index contributed by atoms with van der Waals surface area (Å²) < 4.78 is 10.6. The van der Waals surface area contributed by atoms with Crippen molar-refractivity contribution in [3.8, 4) is 11.5 Å². The van der Waals surface area contributed by atoms with Gasteiger partial charge in [0.2, 0.25) is 0 Å². The van der Waals surface area contributed by atoms with Gasteiger partial charge < -0.3 is 14.8 Å². The molecule has 1 rings (SSSR count). The molecule has 0 saturated heterocycles. The topological polar surface area (TPSA) is 30.5 Å². The molecule has 16 heavy (non-hydrogen) atoms. The van der Waals surface area contributed by atoms with E-state index in [0.717, 1.165) is 24.6 Å². The van der Waals surface area contributed by atoms with Crippen LogP contribution in [0.25, 0.3) is 0 Å². The third-order valence-electron chi connectivity index (χ3n) is 2.03. The third-order valence-corrected chi connectivity index (χ3v) is 2.19. The second kappa shape index (κ2) is 7.36. The van der Waals surface area contributed by atoms with Crippen LogP contribution in [-0.4, -0.2) is 32.2 Å². The number of alkyl halides is 1. The lowest BCUT2D eigenvalue weighted by atomic mass is 10.3. The van der Waals surface area contributed by atoms with Crippen molar-refractivity contribution in [2.45, 2.75) is 12.3 Å². The summed E-state index contributed by atoms with van der Waals surface area (Å²) in [7, 11) is 1.65.